The van der Waals surface area contributed by atoms with Gasteiger partial charge in [0.25, 0.3) is 5.69 Å². The molecule has 0 bridgehead atoms. The monoisotopic (exact) mass is 257 g/mol. The summed E-state index contributed by atoms with van der Waals surface area (Å²) in [5.74, 6) is -0.194. The molecule has 0 aliphatic heterocycles. The summed E-state index contributed by atoms with van der Waals surface area (Å²) >= 11 is 3.07. The number of ketones is 1. The smallest absolute Gasteiger partial charge is 0.287 e. The number of nitrogens with zero attached hydrogens (tertiary/aromatic N) is 1. The van der Waals surface area contributed by atoms with Crippen molar-refractivity contribution in [2.45, 2.75) is 13.8 Å². The molecule has 4 nitrogen and oxygen atoms in total. The minimum absolute atomic E-state index is 0.0438. The van der Waals surface area contributed by atoms with Crippen LogP contribution >= 0.6 is 15.9 Å². The number of nitro benzene ring substituents is 1. The van der Waals surface area contributed by atoms with E-state index in [-0.39, 0.29) is 15.9 Å². The van der Waals surface area contributed by atoms with E-state index in [1.165, 1.54) is 6.92 Å². The Morgan fingerprint density at radius 2 is 2.07 bits per heavy atom. The van der Waals surface area contributed by atoms with Gasteiger partial charge in [-0.1, -0.05) is 6.07 Å². The SMILES string of the molecule is CC(=O)c1ccc(C)c([N+](=O)[O-])c1Br. The van der Waals surface area contributed by atoms with Gasteiger partial charge in [0.1, 0.15) is 4.47 Å². The predicted octanol–water partition coefficient (Wildman–Crippen LogP) is 2.87. The second-order valence-corrected chi connectivity index (χ2v) is 3.70. The maximum Gasteiger partial charge on any atom is 0.287 e. The van der Waals surface area contributed by atoms with Gasteiger partial charge in [-0.15, -0.1) is 0 Å². The lowest BCUT2D eigenvalue weighted by molar-refractivity contribution is -0.386. The number of carbonyl (C=O) groups is 1. The quantitative estimate of drug-likeness (QED) is 0.465. The van der Waals surface area contributed by atoms with E-state index in [0.29, 0.717) is 11.1 Å². The van der Waals surface area contributed by atoms with Gasteiger partial charge >= 0.3 is 0 Å². The Morgan fingerprint density at radius 1 is 1.50 bits per heavy atom. The molecule has 0 saturated carbocycles. The highest BCUT2D eigenvalue weighted by Crippen LogP contribution is 2.31. The van der Waals surface area contributed by atoms with Gasteiger partial charge in [-0.2, -0.15) is 0 Å². The van der Waals surface area contributed by atoms with Crippen LogP contribution in [-0.2, 0) is 0 Å². The third kappa shape index (κ3) is 1.82. The summed E-state index contributed by atoms with van der Waals surface area (Å²) in [6, 6.07) is 3.15. The summed E-state index contributed by atoms with van der Waals surface area (Å²) in [4.78, 5) is 21.3. The van der Waals surface area contributed by atoms with Crippen molar-refractivity contribution < 1.29 is 9.72 Å². The van der Waals surface area contributed by atoms with Gasteiger partial charge < -0.3 is 0 Å². The molecule has 14 heavy (non-hydrogen) atoms. The molecule has 1 aromatic carbocycles. The molecule has 0 aliphatic rings. The summed E-state index contributed by atoms with van der Waals surface area (Å²) < 4.78 is 0.259. The minimum atomic E-state index is -0.494. The van der Waals surface area contributed by atoms with Gasteiger partial charge in [0.05, 0.1) is 4.92 Å². The molecule has 1 rings (SSSR count). The van der Waals surface area contributed by atoms with Crippen LogP contribution in [0.25, 0.3) is 0 Å². The van der Waals surface area contributed by atoms with Crippen molar-refractivity contribution in [2.24, 2.45) is 0 Å². The zero-order valence-electron chi connectivity index (χ0n) is 7.70. The molecular weight excluding hydrogens is 250 g/mol. The highest BCUT2D eigenvalue weighted by Gasteiger charge is 2.20. The molecule has 0 aliphatic carbocycles. The van der Waals surface area contributed by atoms with E-state index >= 15 is 0 Å². The van der Waals surface area contributed by atoms with E-state index in [4.69, 9.17) is 0 Å². The Kier molecular flexibility index (Phi) is 3.00. The van der Waals surface area contributed by atoms with Gasteiger partial charge in [-0.3, -0.25) is 14.9 Å². The lowest BCUT2D eigenvalue weighted by Crippen LogP contribution is -2.00. The van der Waals surface area contributed by atoms with Crippen molar-refractivity contribution in [1.82, 2.24) is 0 Å². The molecule has 0 amide bonds. The second-order valence-electron chi connectivity index (χ2n) is 2.91. The Hall–Kier alpha value is -1.23. The number of aryl methyl sites for hydroxylation is 1. The summed E-state index contributed by atoms with van der Waals surface area (Å²) in [6.45, 7) is 3.01. The third-order valence-corrected chi connectivity index (χ3v) is 2.68. The first-order valence-electron chi connectivity index (χ1n) is 3.89. The zero-order valence-corrected chi connectivity index (χ0v) is 9.29. The number of rotatable bonds is 2. The van der Waals surface area contributed by atoms with E-state index in [9.17, 15) is 14.9 Å². The first kappa shape index (κ1) is 10.8. The Labute approximate surface area is 89.2 Å². The van der Waals surface area contributed by atoms with Crippen molar-refractivity contribution in [2.75, 3.05) is 0 Å². The van der Waals surface area contributed by atoms with Crippen LogP contribution in [-0.4, -0.2) is 10.7 Å². The number of carbonyl (C=O) groups excluding carboxylic acids is 1. The predicted molar refractivity (Wildman–Crippen MR) is 55.5 cm³/mol. The highest BCUT2D eigenvalue weighted by atomic mass is 79.9. The zero-order chi connectivity index (χ0) is 10.9. The second kappa shape index (κ2) is 3.88. The maximum absolute atomic E-state index is 11.1. The van der Waals surface area contributed by atoms with Crippen molar-refractivity contribution in [3.05, 3.63) is 37.8 Å². The Morgan fingerprint density at radius 3 is 2.50 bits per heavy atom. The van der Waals surface area contributed by atoms with Gasteiger partial charge in [-0.25, -0.2) is 0 Å². The molecule has 74 valence electrons. The third-order valence-electron chi connectivity index (χ3n) is 1.88. The van der Waals surface area contributed by atoms with Crippen LogP contribution < -0.4 is 0 Å². The topological polar surface area (TPSA) is 60.2 Å². The molecule has 0 radical (unpaired) electrons. The molecule has 0 atom stereocenters. The first-order valence-corrected chi connectivity index (χ1v) is 4.69. The summed E-state index contributed by atoms with van der Waals surface area (Å²) in [5.41, 5.74) is 0.826. The molecule has 0 heterocycles. The highest BCUT2D eigenvalue weighted by molar-refractivity contribution is 9.10. The number of nitro groups is 1. The average Bonchev–Trinajstić information content (AvgIpc) is 2.02. The average molecular weight is 258 g/mol. The maximum atomic E-state index is 11.1. The van der Waals surface area contributed by atoms with Gasteiger partial charge in [0.2, 0.25) is 0 Å². The molecule has 0 spiro atoms. The molecule has 0 unspecified atom stereocenters. The number of halogens is 1. The summed E-state index contributed by atoms with van der Waals surface area (Å²) in [7, 11) is 0. The standard InChI is InChI=1S/C9H8BrNO3/c1-5-3-4-7(6(2)12)8(10)9(5)11(13)14/h3-4H,1-2H3. The van der Waals surface area contributed by atoms with Crippen LogP contribution in [0.2, 0.25) is 0 Å². The van der Waals surface area contributed by atoms with Gasteiger partial charge in [-0.05, 0) is 35.8 Å². The fourth-order valence-corrected chi connectivity index (χ4v) is 2.03. The van der Waals surface area contributed by atoms with Crippen molar-refractivity contribution in [3.8, 4) is 0 Å². The van der Waals surface area contributed by atoms with Crippen LogP contribution in [0.3, 0.4) is 0 Å². The van der Waals surface area contributed by atoms with E-state index in [2.05, 4.69) is 15.9 Å². The van der Waals surface area contributed by atoms with Crippen molar-refractivity contribution >= 4 is 27.4 Å². The van der Waals surface area contributed by atoms with Crippen LogP contribution in [0, 0.1) is 17.0 Å². The number of benzene rings is 1. The minimum Gasteiger partial charge on any atom is -0.294 e. The van der Waals surface area contributed by atoms with E-state index in [0.717, 1.165) is 0 Å². The Bertz CT molecular complexity index is 415. The molecular formula is C9H8BrNO3. The number of Topliss-reactive ketones (excluding diaryl/α,β-unsaturated/α-hetero) is 1. The molecule has 0 saturated heterocycles. The normalized spacial score (nSPS) is 9.93. The lowest BCUT2D eigenvalue weighted by Gasteiger charge is -2.03. The molecule has 5 heteroatoms. The molecule has 0 N–H and O–H groups in total. The largest absolute Gasteiger partial charge is 0.294 e. The number of hydrogen-bond donors (Lipinski definition) is 0. The Balaban J connectivity index is 3.49. The van der Waals surface area contributed by atoms with E-state index < -0.39 is 4.92 Å². The molecule has 0 fully saturated rings. The van der Waals surface area contributed by atoms with E-state index in [1.54, 1.807) is 19.1 Å². The molecule has 0 aromatic heterocycles. The van der Waals surface area contributed by atoms with Crippen LogP contribution in [0.1, 0.15) is 22.8 Å². The fourth-order valence-electron chi connectivity index (χ4n) is 1.16. The number of hydrogen-bond acceptors (Lipinski definition) is 3. The summed E-state index contributed by atoms with van der Waals surface area (Å²) in [5, 5.41) is 10.7. The van der Waals surface area contributed by atoms with Crippen LogP contribution in [0.5, 0.6) is 0 Å². The molecule has 1 aromatic rings. The van der Waals surface area contributed by atoms with Crippen molar-refractivity contribution in [1.29, 1.82) is 0 Å². The summed E-state index contributed by atoms with van der Waals surface area (Å²) in [6.07, 6.45) is 0. The van der Waals surface area contributed by atoms with Gasteiger partial charge in [0, 0.05) is 11.1 Å². The fraction of sp³-hybridized carbons (Fsp3) is 0.222. The van der Waals surface area contributed by atoms with E-state index in [1.807, 2.05) is 0 Å². The van der Waals surface area contributed by atoms with Gasteiger partial charge in [0.15, 0.2) is 5.78 Å². The van der Waals surface area contributed by atoms with Crippen LogP contribution in [0.15, 0.2) is 16.6 Å². The van der Waals surface area contributed by atoms with Crippen LogP contribution in [0.4, 0.5) is 5.69 Å². The van der Waals surface area contributed by atoms with Crippen molar-refractivity contribution in [3.63, 3.8) is 0 Å². The first-order chi connectivity index (χ1) is 6.45. The lowest BCUT2D eigenvalue weighted by atomic mass is 10.1.